The van der Waals surface area contributed by atoms with E-state index in [0.29, 0.717) is 21.8 Å². The second kappa shape index (κ2) is 11.6. The van der Waals surface area contributed by atoms with Gasteiger partial charge in [0, 0.05) is 21.5 Å². The van der Waals surface area contributed by atoms with Gasteiger partial charge in [-0.2, -0.15) is 0 Å². The number of benzene rings is 2. The Labute approximate surface area is 215 Å². The molecule has 7 heteroatoms. The normalized spacial score (nSPS) is 14.8. The Morgan fingerprint density at radius 1 is 1.00 bits per heavy atom. The van der Waals surface area contributed by atoms with Crippen molar-refractivity contribution in [3.63, 3.8) is 0 Å². The number of hydrogen-bond acceptors (Lipinski definition) is 4. The van der Waals surface area contributed by atoms with Crippen LogP contribution in [-0.4, -0.2) is 23.6 Å². The van der Waals surface area contributed by atoms with Crippen LogP contribution in [0.1, 0.15) is 65.9 Å². The van der Waals surface area contributed by atoms with Crippen molar-refractivity contribution in [3.05, 3.63) is 87.1 Å². The summed E-state index contributed by atoms with van der Waals surface area (Å²) in [7, 11) is 0. The van der Waals surface area contributed by atoms with E-state index in [1.165, 1.54) is 29.6 Å². The standard InChI is InChI=1S/C28H29ClN2O3S/c1-19(32)24-11-5-6-12-25(24)31(26(33)18-23-10-7-17-35-23)27(20-13-15-21(29)16-14-20)28(34)30-22-8-3-2-4-9-22/h5-7,10-17,22,27H,2-4,8-9,18H2,1H3,(H,30,34)/t27-/m1/s1. The average molecular weight is 509 g/mol. The topological polar surface area (TPSA) is 66.5 Å². The summed E-state index contributed by atoms with van der Waals surface area (Å²) in [5, 5.41) is 5.66. The van der Waals surface area contributed by atoms with Gasteiger partial charge in [-0.05, 0) is 61.0 Å². The maximum Gasteiger partial charge on any atom is 0.248 e. The molecule has 0 spiro atoms. The molecule has 0 saturated heterocycles. The van der Waals surface area contributed by atoms with Crippen molar-refractivity contribution in [2.45, 2.75) is 57.5 Å². The number of rotatable bonds is 8. The molecule has 1 N–H and O–H groups in total. The molecule has 1 atom stereocenters. The molecular weight excluding hydrogens is 480 g/mol. The molecule has 1 aromatic heterocycles. The first kappa shape index (κ1) is 25.1. The van der Waals surface area contributed by atoms with Crippen LogP contribution in [-0.2, 0) is 16.0 Å². The van der Waals surface area contributed by atoms with Crippen LogP contribution in [0.5, 0.6) is 0 Å². The summed E-state index contributed by atoms with van der Waals surface area (Å²) in [4.78, 5) is 42.7. The minimum atomic E-state index is -0.942. The van der Waals surface area contributed by atoms with Crippen molar-refractivity contribution in [1.29, 1.82) is 0 Å². The van der Waals surface area contributed by atoms with Crippen LogP contribution >= 0.6 is 22.9 Å². The minimum absolute atomic E-state index is 0.0725. The van der Waals surface area contributed by atoms with Gasteiger partial charge >= 0.3 is 0 Å². The van der Waals surface area contributed by atoms with E-state index in [1.54, 1.807) is 48.5 Å². The molecule has 5 nitrogen and oxygen atoms in total. The summed E-state index contributed by atoms with van der Waals surface area (Å²) in [5.41, 5.74) is 1.47. The number of anilines is 1. The molecule has 35 heavy (non-hydrogen) atoms. The van der Waals surface area contributed by atoms with Crippen molar-refractivity contribution in [3.8, 4) is 0 Å². The first-order valence-electron chi connectivity index (χ1n) is 11.9. The summed E-state index contributed by atoms with van der Waals surface area (Å²) >= 11 is 7.64. The predicted octanol–water partition coefficient (Wildman–Crippen LogP) is 6.37. The number of Topliss-reactive ketones (excluding diaryl/α,β-unsaturated/α-hetero) is 1. The third kappa shape index (κ3) is 6.19. The highest BCUT2D eigenvalue weighted by molar-refractivity contribution is 7.10. The first-order valence-corrected chi connectivity index (χ1v) is 13.2. The minimum Gasteiger partial charge on any atom is -0.351 e. The van der Waals surface area contributed by atoms with Crippen LogP contribution in [0, 0.1) is 0 Å². The Balaban J connectivity index is 1.81. The van der Waals surface area contributed by atoms with E-state index in [4.69, 9.17) is 11.6 Å². The largest absolute Gasteiger partial charge is 0.351 e. The third-order valence-corrected chi connectivity index (χ3v) is 7.49. The summed E-state index contributed by atoms with van der Waals surface area (Å²) in [6.07, 6.45) is 5.29. The van der Waals surface area contributed by atoms with E-state index in [9.17, 15) is 14.4 Å². The van der Waals surface area contributed by atoms with Gasteiger partial charge in [0.25, 0.3) is 0 Å². The van der Waals surface area contributed by atoms with Crippen LogP contribution in [0.15, 0.2) is 66.0 Å². The fourth-order valence-corrected chi connectivity index (χ4v) is 5.46. The molecule has 0 unspecified atom stereocenters. The number of nitrogens with one attached hydrogen (secondary N) is 1. The van der Waals surface area contributed by atoms with Crippen LogP contribution in [0.25, 0.3) is 0 Å². The first-order chi connectivity index (χ1) is 16.9. The van der Waals surface area contributed by atoms with Crippen LogP contribution in [0.3, 0.4) is 0 Å². The molecule has 3 aromatic rings. The number of thiophene rings is 1. The second-order valence-electron chi connectivity index (χ2n) is 8.89. The van der Waals surface area contributed by atoms with Crippen molar-refractivity contribution in [2.75, 3.05) is 4.90 Å². The van der Waals surface area contributed by atoms with Gasteiger partial charge in [-0.3, -0.25) is 19.3 Å². The van der Waals surface area contributed by atoms with E-state index in [1.807, 2.05) is 17.5 Å². The quantitative estimate of drug-likeness (QED) is 0.359. The monoisotopic (exact) mass is 508 g/mol. The van der Waals surface area contributed by atoms with Gasteiger partial charge in [0.2, 0.25) is 11.8 Å². The number of hydrogen-bond donors (Lipinski definition) is 1. The molecule has 4 rings (SSSR count). The van der Waals surface area contributed by atoms with E-state index in [-0.39, 0.29) is 30.1 Å². The Hall–Kier alpha value is -2.96. The molecular formula is C28H29ClN2O3S. The van der Waals surface area contributed by atoms with Crippen LogP contribution in [0.4, 0.5) is 5.69 Å². The number of halogens is 1. The molecule has 2 aromatic carbocycles. The Morgan fingerprint density at radius 3 is 2.37 bits per heavy atom. The number of carbonyl (C=O) groups excluding carboxylic acids is 3. The second-order valence-corrected chi connectivity index (χ2v) is 10.4. The molecule has 2 amide bonds. The molecule has 182 valence electrons. The van der Waals surface area contributed by atoms with Gasteiger partial charge in [-0.25, -0.2) is 0 Å². The number of carbonyl (C=O) groups is 3. The molecule has 1 heterocycles. The zero-order valence-corrected chi connectivity index (χ0v) is 21.3. The highest BCUT2D eigenvalue weighted by atomic mass is 35.5. The van der Waals surface area contributed by atoms with Gasteiger partial charge in [0.05, 0.1) is 12.1 Å². The highest BCUT2D eigenvalue weighted by Crippen LogP contribution is 2.33. The highest BCUT2D eigenvalue weighted by Gasteiger charge is 2.35. The van der Waals surface area contributed by atoms with Crippen molar-refractivity contribution >= 4 is 46.2 Å². The number of ketones is 1. The maximum atomic E-state index is 13.9. The van der Waals surface area contributed by atoms with Crippen molar-refractivity contribution < 1.29 is 14.4 Å². The predicted molar refractivity (Wildman–Crippen MR) is 141 cm³/mol. The summed E-state index contributed by atoms with van der Waals surface area (Å²) < 4.78 is 0. The van der Waals surface area contributed by atoms with E-state index >= 15 is 0 Å². The summed E-state index contributed by atoms with van der Waals surface area (Å²) in [6.45, 7) is 1.47. The van der Waals surface area contributed by atoms with Crippen molar-refractivity contribution in [2.24, 2.45) is 0 Å². The third-order valence-electron chi connectivity index (χ3n) is 6.36. The maximum absolute atomic E-state index is 13.9. The van der Waals surface area contributed by atoms with E-state index in [2.05, 4.69) is 5.32 Å². The number of para-hydroxylation sites is 1. The molecule has 0 bridgehead atoms. The fraction of sp³-hybridized carbons (Fsp3) is 0.321. The lowest BCUT2D eigenvalue weighted by molar-refractivity contribution is -0.127. The lowest BCUT2D eigenvalue weighted by Crippen LogP contribution is -2.48. The molecule has 1 aliphatic rings. The number of amides is 2. The Morgan fingerprint density at radius 2 is 1.71 bits per heavy atom. The van der Waals surface area contributed by atoms with Gasteiger partial charge < -0.3 is 5.32 Å². The van der Waals surface area contributed by atoms with Crippen molar-refractivity contribution in [1.82, 2.24) is 5.32 Å². The zero-order valence-electron chi connectivity index (χ0n) is 19.7. The summed E-state index contributed by atoms with van der Waals surface area (Å²) in [5.74, 6) is -0.672. The zero-order chi connectivity index (χ0) is 24.8. The van der Waals surface area contributed by atoms with Crippen LogP contribution in [0.2, 0.25) is 5.02 Å². The molecule has 1 saturated carbocycles. The van der Waals surface area contributed by atoms with Gasteiger partial charge in [0.15, 0.2) is 5.78 Å². The molecule has 0 aliphatic heterocycles. The fourth-order valence-electron chi connectivity index (χ4n) is 4.64. The average Bonchev–Trinajstić information content (AvgIpc) is 3.36. The molecule has 1 fully saturated rings. The lowest BCUT2D eigenvalue weighted by Gasteiger charge is -2.34. The smallest absolute Gasteiger partial charge is 0.248 e. The van der Waals surface area contributed by atoms with E-state index < -0.39 is 6.04 Å². The van der Waals surface area contributed by atoms with E-state index in [0.717, 1.165) is 30.6 Å². The Kier molecular flexibility index (Phi) is 8.37. The number of nitrogens with zero attached hydrogens (tertiary/aromatic N) is 1. The van der Waals surface area contributed by atoms with Crippen LogP contribution < -0.4 is 10.2 Å². The lowest BCUT2D eigenvalue weighted by atomic mass is 9.94. The van der Waals surface area contributed by atoms with Gasteiger partial charge in [-0.15, -0.1) is 11.3 Å². The summed E-state index contributed by atoms with van der Waals surface area (Å²) in [6, 6.07) is 16.9. The SMILES string of the molecule is CC(=O)c1ccccc1N(C(=O)Cc1cccs1)[C@@H](C(=O)NC1CCCCC1)c1ccc(Cl)cc1. The molecule has 1 aliphatic carbocycles. The Bertz CT molecular complexity index is 1170. The van der Waals surface area contributed by atoms with Gasteiger partial charge in [0.1, 0.15) is 6.04 Å². The van der Waals surface area contributed by atoms with Gasteiger partial charge in [-0.1, -0.05) is 61.2 Å². The molecule has 0 radical (unpaired) electrons.